The molecule has 0 aliphatic rings. The molecule has 0 aliphatic carbocycles. The van der Waals surface area contributed by atoms with Crippen molar-refractivity contribution < 1.29 is 19.0 Å². The van der Waals surface area contributed by atoms with Gasteiger partial charge in [-0.05, 0) is 61.0 Å². The number of thiocarbonyl (C=S) groups is 1. The van der Waals surface area contributed by atoms with Gasteiger partial charge in [0.05, 0.1) is 14.2 Å². The molecule has 0 aromatic heterocycles. The molecule has 0 fully saturated rings. The number of carbonyl (C=O) groups excluding carboxylic acids is 1. The van der Waals surface area contributed by atoms with Crippen LogP contribution >= 0.6 is 12.2 Å². The number of carbonyl (C=O) groups is 1. The standard InChI is InChI=1S/C20H25N3O4S/c1-14-5-4-6-16(11-14)27-13-19(24)22-23-20(28)21-10-9-15-7-8-17(25-2)18(12-15)26-3/h4-8,11-12H,9-10,13H2,1-3H3,(H,22,24)(H2,21,23,28). The third kappa shape index (κ3) is 6.96. The average molecular weight is 404 g/mol. The van der Waals surface area contributed by atoms with Gasteiger partial charge in [-0.1, -0.05) is 18.2 Å². The molecule has 28 heavy (non-hydrogen) atoms. The van der Waals surface area contributed by atoms with Gasteiger partial charge in [0.15, 0.2) is 23.2 Å². The molecule has 150 valence electrons. The first-order valence-corrected chi connectivity index (χ1v) is 9.15. The van der Waals surface area contributed by atoms with Crippen LogP contribution < -0.4 is 30.4 Å². The SMILES string of the molecule is COc1ccc(CCNC(=S)NNC(=O)COc2cccc(C)c2)cc1OC. The first-order chi connectivity index (χ1) is 13.5. The van der Waals surface area contributed by atoms with Gasteiger partial charge in [0.2, 0.25) is 0 Å². The molecule has 0 heterocycles. The lowest BCUT2D eigenvalue weighted by atomic mass is 10.1. The lowest BCUT2D eigenvalue weighted by Crippen LogP contribution is -2.48. The van der Waals surface area contributed by atoms with Crippen molar-refractivity contribution in [3.8, 4) is 17.2 Å². The van der Waals surface area contributed by atoms with E-state index in [2.05, 4.69) is 16.2 Å². The van der Waals surface area contributed by atoms with Crippen molar-refractivity contribution in [1.29, 1.82) is 0 Å². The monoisotopic (exact) mass is 403 g/mol. The van der Waals surface area contributed by atoms with E-state index in [1.807, 2.05) is 43.3 Å². The third-order valence-corrected chi connectivity index (χ3v) is 4.07. The molecule has 2 aromatic carbocycles. The lowest BCUT2D eigenvalue weighted by Gasteiger charge is -2.13. The zero-order valence-corrected chi connectivity index (χ0v) is 17.0. The van der Waals surface area contributed by atoms with E-state index < -0.39 is 0 Å². The van der Waals surface area contributed by atoms with Crippen molar-refractivity contribution in [2.24, 2.45) is 0 Å². The Labute approximate surface area is 170 Å². The number of rotatable bonds is 8. The Kier molecular flexibility index (Phi) is 8.36. The first-order valence-electron chi connectivity index (χ1n) is 8.75. The minimum absolute atomic E-state index is 0.106. The van der Waals surface area contributed by atoms with E-state index in [9.17, 15) is 4.79 Å². The van der Waals surface area contributed by atoms with Gasteiger partial charge in [-0.2, -0.15) is 0 Å². The van der Waals surface area contributed by atoms with E-state index in [1.165, 1.54) is 0 Å². The largest absolute Gasteiger partial charge is 0.493 e. The van der Waals surface area contributed by atoms with Crippen LogP contribution in [0.5, 0.6) is 17.2 Å². The van der Waals surface area contributed by atoms with Gasteiger partial charge in [-0.3, -0.25) is 15.6 Å². The summed E-state index contributed by atoms with van der Waals surface area (Å²) in [6, 6.07) is 13.2. The summed E-state index contributed by atoms with van der Waals surface area (Å²) in [6.07, 6.45) is 0.729. The van der Waals surface area contributed by atoms with Crippen molar-refractivity contribution in [1.82, 2.24) is 16.2 Å². The van der Waals surface area contributed by atoms with Gasteiger partial charge in [0.1, 0.15) is 5.75 Å². The zero-order chi connectivity index (χ0) is 20.4. The predicted molar refractivity (Wildman–Crippen MR) is 112 cm³/mol. The van der Waals surface area contributed by atoms with Crippen LogP contribution in [0.2, 0.25) is 0 Å². The van der Waals surface area contributed by atoms with E-state index >= 15 is 0 Å². The van der Waals surface area contributed by atoms with E-state index in [1.54, 1.807) is 20.3 Å². The molecule has 3 N–H and O–H groups in total. The van der Waals surface area contributed by atoms with Crippen LogP contribution in [0.3, 0.4) is 0 Å². The Bertz CT molecular complexity index is 814. The van der Waals surface area contributed by atoms with E-state index in [4.69, 9.17) is 26.4 Å². The number of amides is 1. The molecule has 0 unspecified atom stereocenters. The number of methoxy groups -OCH3 is 2. The highest BCUT2D eigenvalue weighted by atomic mass is 32.1. The van der Waals surface area contributed by atoms with Crippen LogP contribution in [0.1, 0.15) is 11.1 Å². The van der Waals surface area contributed by atoms with Gasteiger partial charge < -0.3 is 19.5 Å². The normalized spacial score (nSPS) is 9.96. The van der Waals surface area contributed by atoms with Crippen molar-refractivity contribution >= 4 is 23.2 Å². The maximum atomic E-state index is 11.8. The summed E-state index contributed by atoms with van der Waals surface area (Å²) >= 11 is 5.15. The van der Waals surface area contributed by atoms with Crippen molar-refractivity contribution in [3.05, 3.63) is 53.6 Å². The van der Waals surface area contributed by atoms with Gasteiger partial charge in [-0.15, -0.1) is 0 Å². The minimum atomic E-state index is -0.328. The number of benzene rings is 2. The molecular formula is C20H25N3O4S. The highest BCUT2D eigenvalue weighted by Crippen LogP contribution is 2.27. The maximum absolute atomic E-state index is 11.8. The molecule has 7 nitrogen and oxygen atoms in total. The van der Waals surface area contributed by atoms with Gasteiger partial charge in [-0.25, -0.2) is 0 Å². The van der Waals surface area contributed by atoms with E-state index in [0.717, 1.165) is 17.5 Å². The highest BCUT2D eigenvalue weighted by Gasteiger charge is 2.06. The Morgan fingerprint density at radius 2 is 1.82 bits per heavy atom. The number of hydrogen-bond acceptors (Lipinski definition) is 5. The summed E-state index contributed by atoms with van der Waals surface area (Å²) in [5.41, 5.74) is 7.29. The maximum Gasteiger partial charge on any atom is 0.276 e. The molecule has 2 aromatic rings. The zero-order valence-electron chi connectivity index (χ0n) is 16.2. The summed E-state index contributed by atoms with van der Waals surface area (Å²) in [4.78, 5) is 11.8. The molecule has 0 bridgehead atoms. The number of hydrogen-bond donors (Lipinski definition) is 3. The molecule has 2 rings (SSSR count). The average Bonchev–Trinajstić information content (AvgIpc) is 2.70. The first kappa shape index (κ1) is 21.3. The summed E-state index contributed by atoms with van der Waals surface area (Å²) < 4.78 is 15.9. The third-order valence-electron chi connectivity index (χ3n) is 3.82. The van der Waals surface area contributed by atoms with Crippen LogP contribution in [0, 0.1) is 6.92 Å². The fraction of sp³-hybridized carbons (Fsp3) is 0.300. The molecule has 8 heteroatoms. The molecule has 1 amide bonds. The molecular weight excluding hydrogens is 378 g/mol. The Morgan fingerprint density at radius 1 is 1.04 bits per heavy atom. The van der Waals surface area contributed by atoms with Gasteiger partial charge in [0.25, 0.3) is 5.91 Å². The second kappa shape index (κ2) is 11.0. The number of ether oxygens (including phenoxy) is 3. The fourth-order valence-electron chi connectivity index (χ4n) is 2.42. The van der Waals surface area contributed by atoms with Crippen molar-refractivity contribution in [2.75, 3.05) is 27.4 Å². The van der Waals surface area contributed by atoms with Crippen LogP contribution in [0.4, 0.5) is 0 Å². The van der Waals surface area contributed by atoms with E-state index in [-0.39, 0.29) is 12.5 Å². The molecule has 0 radical (unpaired) electrons. The Balaban J connectivity index is 1.66. The smallest absolute Gasteiger partial charge is 0.276 e. The Hall–Kier alpha value is -3.00. The van der Waals surface area contributed by atoms with E-state index in [0.29, 0.717) is 28.9 Å². The second-order valence-electron chi connectivity index (χ2n) is 5.97. The van der Waals surface area contributed by atoms with Crippen molar-refractivity contribution in [3.63, 3.8) is 0 Å². The minimum Gasteiger partial charge on any atom is -0.493 e. The molecule has 0 spiro atoms. The Morgan fingerprint density at radius 3 is 2.54 bits per heavy atom. The topological polar surface area (TPSA) is 80.9 Å². The van der Waals surface area contributed by atoms with Crippen LogP contribution in [0.15, 0.2) is 42.5 Å². The summed E-state index contributed by atoms with van der Waals surface area (Å²) in [5.74, 6) is 1.69. The number of hydrazine groups is 1. The molecule has 0 saturated heterocycles. The predicted octanol–water partition coefficient (Wildman–Crippen LogP) is 2.13. The lowest BCUT2D eigenvalue weighted by molar-refractivity contribution is -0.123. The quantitative estimate of drug-likeness (QED) is 0.460. The molecule has 0 aliphatic heterocycles. The second-order valence-corrected chi connectivity index (χ2v) is 6.38. The molecule has 0 saturated carbocycles. The van der Waals surface area contributed by atoms with Crippen LogP contribution in [0.25, 0.3) is 0 Å². The summed E-state index contributed by atoms with van der Waals surface area (Å²) in [6.45, 7) is 2.45. The van der Waals surface area contributed by atoms with Gasteiger partial charge >= 0.3 is 0 Å². The summed E-state index contributed by atoms with van der Waals surface area (Å²) in [7, 11) is 3.20. The number of nitrogens with one attached hydrogen (secondary N) is 3. The number of aryl methyl sites for hydroxylation is 1. The van der Waals surface area contributed by atoms with Crippen LogP contribution in [-0.4, -0.2) is 38.4 Å². The molecule has 0 atom stereocenters. The van der Waals surface area contributed by atoms with Crippen molar-refractivity contribution in [2.45, 2.75) is 13.3 Å². The summed E-state index contributed by atoms with van der Waals surface area (Å²) in [5, 5.41) is 3.35. The van der Waals surface area contributed by atoms with Crippen LogP contribution in [-0.2, 0) is 11.2 Å². The fourth-order valence-corrected chi connectivity index (χ4v) is 2.57. The highest BCUT2D eigenvalue weighted by molar-refractivity contribution is 7.80. The van der Waals surface area contributed by atoms with Gasteiger partial charge in [0, 0.05) is 6.54 Å².